The summed E-state index contributed by atoms with van der Waals surface area (Å²) < 4.78 is 2.34. The lowest BCUT2D eigenvalue weighted by Crippen LogP contribution is -2.30. The zero-order valence-corrected chi connectivity index (χ0v) is 12.3. The van der Waals surface area contributed by atoms with Gasteiger partial charge in [0, 0.05) is 12.4 Å². The monoisotopic (exact) mass is 269 g/mol. The molecular formula is C17H23N3. The van der Waals surface area contributed by atoms with E-state index >= 15 is 0 Å². The third kappa shape index (κ3) is 2.38. The molecule has 2 aromatic rings. The van der Waals surface area contributed by atoms with E-state index in [-0.39, 0.29) is 0 Å². The molecule has 1 aliphatic rings. The number of fused-ring (bicyclic) bond motifs is 1. The van der Waals surface area contributed by atoms with Gasteiger partial charge in [-0.1, -0.05) is 31.2 Å². The first kappa shape index (κ1) is 13.4. The molecule has 0 bridgehead atoms. The van der Waals surface area contributed by atoms with Crippen LogP contribution in [0.15, 0.2) is 36.7 Å². The molecule has 2 unspecified atom stereocenters. The molecule has 0 saturated carbocycles. The van der Waals surface area contributed by atoms with E-state index in [2.05, 4.69) is 59.2 Å². The molecule has 0 aliphatic heterocycles. The number of aromatic nitrogens is 2. The number of likely N-dealkylation sites (N-methyl/N-ethyl adjacent to an activating group) is 1. The van der Waals surface area contributed by atoms with E-state index in [9.17, 15) is 0 Å². The first-order valence-electron chi connectivity index (χ1n) is 7.62. The Morgan fingerprint density at radius 3 is 2.95 bits per heavy atom. The molecule has 0 saturated heterocycles. The van der Waals surface area contributed by atoms with E-state index in [0.717, 1.165) is 12.4 Å². The third-order valence-corrected chi connectivity index (χ3v) is 4.36. The molecule has 1 aromatic heterocycles. The van der Waals surface area contributed by atoms with Gasteiger partial charge in [0.2, 0.25) is 0 Å². The van der Waals surface area contributed by atoms with E-state index in [0.29, 0.717) is 12.1 Å². The van der Waals surface area contributed by atoms with Crippen molar-refractivity contribution in [1.82, 2.24) is 14.9 Å². The van der Waals surface area contributed by atoms with E-state index in [1.54, 1.807) is 0 Å². The third-order valence-electron chi connectivity index (χ3n) is 4.36. The van der Waals surface area contributed by atoms with Crippen LogP contribution in [0.2, 0.25) is 0 Å². The Balaban J connectivity index is 2.04. The Bertz CT molecular complexity index is 573. The Morgan fingerprint density at radius 1 is 1.35 bits per heavy atom. The molecule has 3 nitrogen and oxygen atoms in total. The first-order chi connectivity index (χ1) is 9.81. The van der Waals surface area contributed by atoms with Crippen molar-refractivity contribution in [1.29, 1.82) is 0 Å². The highest BCUT2D eigenvalue weighted by molar-refractivity contribution is 5.32. The summed E-state index contributed by atoms with van der Waals surface area (Å²) in [7, 11) is 0. The maximum Gasteiger partial charge on any atom is 0.105 e. The average molecular weight is 269 g/mol. The summed E-state index contributed by atoms with van der Waals surface area (Å²) >= 11 is 0. The molecule has 2 atom stereocenters. The van der Waals surface area contributed by atoms with Gasteiger partial charge >= 0.3 is 0 Å². The van der Waals surface area contributed by atoms with E-state index in [4.69, 9.17) is 0 Å². The van der Waals surface area contributed by atoms with Gasteiger partial charge in [-0.05, 0) is 43.9 Å². The van der Waals surface area contributed by atoms with Gasteiger partial charge in [-0.15, -0.1) is 0 Å². The van der Waals surface area contributed by atoms with E-state index in [1.807, 2.05) is 6.20 Å². The number of rotatable bonds is 3. The van der Waals surface area contributed by atoms with Crippen molar-refractivity contribution < 1.29 is 0 Å². The maximum absolute atomic E-state index is 4.41. The van der Waals surface area contributed by atoms with Crippen molar-refractivity contribution in [2.45, 2.75) is 45.2 Å². The summed E-state index contributed by atoms with van der Waals surface area (Å²) in [6.45, 7) is 5.27. The lowest BCUT2D eigenvalue weighted by molar-refractivity contribution is 0.338. The topological polar surface area (TPSA) is 29.9 Å². The minimum atomic E-state index is 0.381. The average Bonchev–Trinajstić information content (AvgIpc) is 2.80. The lowest BCUT2D eigenvalue weighted by atomic mass is 9.96. The highest BCUT2D eigenvalue weighted by Gasteiger charge is 2.28. The fraction of sp³-hybridized carbons (Fsp3) is 0.471. The number of hydrogen-bond acceptors (Lipinski definition) is 2. The van der Waals surface area contributed by atoms with Gasteiger partial charge in [0.1, 0.15) is 5.82 Å². The molecule has 0 radical (unpaired) electrons. The zero-order valence-electron chi connectivity index (χ0n) is 12.3. The largest absolute Gasteiger partial charge is 0.330 e. The van der Waals surface area contributed by atoms with Crippen LogP contribution >= 0.6 is 0 Å². The van der Waals surface area contributed by atoms with Crippen LogP contribution in [0.25, 0.3) is 0 Å². The van der Waals surface area contributed by atoms with Crippen molar-refractivity contribution in [3.05, 3.63) is 53.6 Å². The maximum atomic E-state index is 4.41. The van der Waals surface area contributed by atoms with Gasteiger partial charge in [-0.2, -0.15) is 0 Å². The number of hydrogen-bond donors (Lipinski definition) is 1. The molecule has 1 N–H and O–H groups in total. The Morgan fingerprint density at radius 2 is 2.20 bits per heavy atom. The van der Waals surface area contributed by atoms with Gasteiger partial charge in [-0.3, -0.25) is 0 Å². The minimum absolute atomic E-state index is 0.381. The molecule has 0 spiro atoms. The van der Waals surface area contributed by atoms with Crippen LogP contribution in [-0.2, 0) is 6.42 Å². The van der Waals surface area contributed by atoms with Crippen LogP contribution in [0.4, 0.5) is 0 Å². The van der Waals surface area contributed by atoms with Crippen LogP contribution in [0, 0.1) is 6.92 Å². The summed E-state index contributed by atoms with van der Waals surface area (Å²) in [6.07, 6.45) is 7.65. The normalized spacial score (nSPS) is 22.3. The smallest absolute Gasteiger partial charge is 0.105 e. The summed E-state index contributed by atoms with van der Waals surface area (Å²) in [5.41, 5.74) is 2.96. The van der Waals surface area contributed by atoms with Crippen molar-refractivity contribution in [2.75, 3.05) is 6.54 Å². The molecule has 3 heteroatoms. The van der Waals surface area contributed by atoms with Crippen molar-refractivity contribution in [3.63, 3.8) is 0 Å². The second-order valence-corrected chi connectivity index (χ2v) is 5.58. The standard InChI is InChI=1S/C17H23N3/c1-3-18-17-15-9-5-4-7-14(15)8-6-10-16(17)20-12-11-19-13(20)2/h4-5,7,9,11-12,16-18H,3,6,8,10H2,1-2H3. The first-order valence-corrected chi connectivity index (χ1v) is 7.62. The molecular weight excluding hydrogens is 246 g/mol. The second kappa shape index (κ2) is 5.80. The molecule has 1 aliphatic carbocycles. The number of imidazole rings is 1. The van der Waals surface area contributed by atoms with E-state index < -0.39 is 0 Å². The SMILES string of the molecule is CCNC1c2ccccc2CCCC1n1ccnc1C. The Kier molecular flexibility index (Phi) is 3.88. The molecule has 3 rings (SSSR count). The zero-order chi connectivity index (χ0) is 13.9. The molecule has 0 amide bonds. The van der Waals surface area contributed by atoms with Crippen molar-refractivity contribution in [2.24, 2.45) is 0 Å². The molecule has 0 fully saturated rings. The van der Waals surface area contributed by atoms with Crippen LogP contribution in [0.1, 0.15) is 48.8 Å². The van der Waals surface area contributed by atoms with Crippen LogP contribution in [0.3, 0.4) is 0 Å². The number of nitrogens with zero attached hydrogens (tertiary/aromatic N) is 2. The fourth-order valence-electron chi connectivity index (χ4n) is 3.44. The molecule has 1 heterocycles. The lowest BCUT2D eigenvalue weighted by Gasteiger charge is -2.29. The van der Waals surface area contributed by atoms with E-state index in [1.165, 1.54) is 30.4 Å². The predicted molar refractivity (Wildman–Crippen MR) is 81.8 cm³/mol. The van der Waals surface area contributed by atoms with Crippen molar-refractivity contribution >= 4 is 0 Å². The van der Waals surface area contributed by atoms with Gasteiger partial charge < -0.3 is 9.88 Å². The highest BCUT2D eigenvalue weighted by atomic mass is 15.1. The Labute approximate surface area is 121 Å². The molecule has 106 valence electrons. The van der Waals surface area contributed by atoms with Crippen LogP contribution < -0.4 is 5.32 Å². The molecule has 1 aromatic carbocycles. The highest BCUT2D eigenvalue weighted by Crippen LogP contribution is 2.36. The van der Waals surface area contributed by atoms with Gasteiger partial charge in [0.25, 0.3) is 0 Å². The second-order valence-electron chi connectivity index (χ2n) is 5.58. The summed E-state index contributed by atoms with van der Waals surface area (Å²) in [5, 5.41) is 3.70. The number of benzene rings is 1. The summed E-state index contributed by atoms with van der Waals surface area (Å²) in [6, 6.07) is 9.72. The fourth-order valence-corrected chi connectivity index (χ4v) is 3.44. The summed E-state index contributed by atoms with van der Waals surface area (Å²) in [4.78, 5) is 4.41. The number of aryl methyl sites for hydroxylation is 2. The minimum Gasteiger partial charge on any atom is -0.330 e. The van der Waals surface area contributed by atoms with Crippen LogP contribution in [-0.4, -0.2) is 16.1 Å². The van der Waals surface area contributed by atoms with Gasteiger partial charge in [-0.25, -0.2) is 4.98 Å². The quantitative estimate of drug-likeness (QED) is 0.865. The van der Waals surface area contributed by atoms with Crippen molar-refractivity contribution in [3.8, 4) is 0 Å². The van der Waals surface area contributed by atoms with Gasteiger partial charge in [0.15, 0.2) is 0 Å². The molecule has 20 heavy (non-hydrogen) atoms. The Hall–Kier alpha value is -1.61. The van der Waals surface area contributed by atoms with Gasteiger partial charge in [0.05, 0.1) is 12.1 Å². The summed E-state index contributed by atoms with van der Waals surface area (Å²) in [5.74, 6) is 1.11. The van der Waals surface area contributed by atoms with Crippen LogP contribution in [0.5, 0.6) is 0 Å². The number of nitrogens with one attached hydrogen (secondary N) is 1. The predicted octanol–water partition coefficient (Wildman–Crippen LogP) is 3.42.